The van der Waals surface area contributed by atoms with Crippen molar-refractivity contribution in [2.24, 2.45) is 5.92 Å². The average Bonchev–Trinajstić information content (AvgIpc) is 2.00. The monoisotopic (exact) mass is 215 g/mol. The number of nitrogens with one attached hydrogen (secondary N) is 1. The van der Waals surface area contributed by atoms with Gasteiger partial charge in [0, 0.05) is 12.5 Å². The van der Waals surface area contributed by atoms with Gasteiger partial charge in [0.1, 0.15) is 0 Å². The summed E-state index contributed by atoms with van der Waals surface area (Å²) in [6, 6.07) is -0.223. The lowest BCUT2D eigenvalue weighted by Crippen LogP contribution is -2.36. The molecule has 0 aromatic carbocycles. The highest BCUT2D eigenvalue weighted by atomic mass is 16.4. The van der Waals surface area contributed by atoms with Crippen LogP contribution in [-0.4, -0.2) is 23.0 Å². The SMILES string of the molecule is CCC[C@H](CC(=O)O)NC(=O)CC(C)C. The molecule has 0 aromatic rings. The zero-order chi connectivity index (χ0) is 11.8. The van der Waals surface area contributed by atoms with Gasteiger partial charge in [-0.3, -0.25) is 9.59 Å². The third-order valence-corrected chi connectivity index (χ3v) is 2.02. The van der Waals surface area contributed by atoms with Crippen molar-refractivity contribution in [3.63, 3.8) is 0 Å². The quantitative estimate of drug-likeness (QED) is 0.680. The van der Waals surface area contributed by atoms with Gasteiger partial charge in [-0.15, -0.1) is 0 Å². The van der Waals surface area contributed by atoms with E-state index in [2.05, 4.69) is 5.32 Å². The molecule has 0 spiro atoms. The van der Waals surface area contributed by atoms with Crippen LogP contribution in [0.5, 0.6) is 0 Å². The summed E-state index contributed by atoms with van der Waals surface area (Å²) in [5.74, 6) is -0.611. The molecule has 4 nitrogen and oxygen atoms in total. The molecule has 0 aliphatic heterocycles. The Kier molecular flexibility index (Phi) is 6.75. The van der Waals surface area contributed by atoms with Gasteiger partial charge in [0.2, 0.25) is 5.91 Å². The lowest BCUT2D eigenvalue weighted by atomic mass is 10.1. The van der Waals surface area contributed by atoms with Crippen molar-refractivity contribution in [2.45, 2.75) is 52.5 Å². The Morgan fingerprint density at radius 3 is 2.27 bits per heavy atom. The van der Waals surface area contributed by atoms with E-state index >= 15 is 0 Å². The van der Waals surface area contributed by atoms with Crippen molar-refractivity contribution in [3.8, 4) is 0 Å². The second-order valence-electron chi connectivity index (χ2n) is 4.25. The van der Waals surface area contributed by atoms with Gasteiger partial charge in [-0.05, 0) is 12.3 Å². The summed E-state index contributed by atoms with van der Waals surface area (Å²) in [5, 5.41) is 11.4. The van der Waals surface area contributed by atoms with Gasteiger partial charge < -0.3 is 10.4 Å². The minimum Gasteiger partial charge on any atom is -0.481 e. The van der Waals surface area contributed by atoms with Crippen molar-refractivity contribution in [1.29, 1.82) is 0 Å². The van der Waals surface area contributed by atoms with E-state index in [4.69, 9.17) is 5.11 Å². The molecule has 15 heavy (non-hydrogen) atoms. The summed E-state index contributed by atoms with van der Waals surface area (Å²) in [7, 11) is 0. The van der Waals surface area contributed by atoms with Crippen molar-refractivity contribution >= 4 is 11.9 Å². The molecule has 0 aliphatic carbocycles. The molecule has 0 rings (SSSR count). The Hall–Kier alpha value is -1.06. The molecular formula is C11H21NO3. The maximum Gasteiger partial charge on any atom is 0.305 e. The Balaban J connectivity index is 4.03. The van der Waals surface area contributed by atoms with E-state index < -0.39 is 5.97 Å². The van der Waals surface area contributed by atoms with Crippen LogP contribution in [0.3, 0.4) is 0 Å². The fourth-order valence-corrected chi connectivity index (χ4v) is 1.44. The average molecular weight is 215 g/mol. The first-order valence-electron chi connectivity index (χ1n) is 5.46. The largest absolute Gasteiger partial charge is 0.481 e. The topological polar surface area (TPSA) is 66.4 Å². The predicted molar refractivity (Wildman–Crippen MR) is 58.5 cm³/mol. The second-order valence-corrected chi connectivity index (χ2v) is 4.25. The first-order valence-corrected chi connectivity index (χ1v) is 5.46. The number of carbonyl (C=O) groups is 2. The number of carbonyl (C=O) groups excluding carboxylic acids is 1. The highest BCUT2D eigenvalue weighted by molar-refractivity contribution is 5.77. The van der Waals surface area contributed by atoms with Gasteiger partial charge >= 0.3 is 5.97 Å². The van der Waals surface area contributed by atoms with Crippen molar-refractivity contribution < 1.29 is 14.7 Å². The van der Waals surface area contributed by atoms with E-state index in [-0.39, 0.29) is 18.4 Å². The van der Waals surface area contributed by atoms with Crippen LogP contribution < -0.4 is 5.32 Å². The van der Waals surface area contributed by atoms with Crippen molar-refractivity contribution in [3.05, 3.63) is 0 Å². The van der Waals surface area contributed by atoms with Gasteiger partial charge in [-0.1, -0.05) is 27.2 Å². The van der Waals surface area contributed by atoms with E-state index in [0.29, 0.717) is 12.3 Å². The number of carboxylic acid groups (broad SMARTS) is 1. The Labute approximate surface area is 91.1 Å². The fourth-order valence-electron chi connectivity index (χ4n) is 1.44. The molecule has 2 N–H and O–H groups in total. The van der Waals surface area contributed by atoms with E-state index in [1.807, 2.05) is 20.8 Å². The van der Waals surface area contributed by atoms with Crippen LogP contribution in [-0.2, 0) is 9.59 Å². The van der Waals surface area contributed by atoms with E-state index in [1.54, 1.807) is 0 Å². The molecule has 0 heterocycles. The van der Waals surface area contributed by atoms with Crippen molar-refractivity contribution in [2.75, 3.05) is 0 Å². The van der Waals surface area contributed by atoms with E-state index in [0.717, 1.165) is 12.8 Å². The minimum absolute atomic E-state index is 0.0116. The summed E-state index contributed by atoms with van der Waals surface area (Å²) in [6.07, 6.45) is 2.06. The summed E-state index contributed by atoms with van der Waals surface area (Å²) in [6.45, 7) is 5.90. The molecule has 0 radical (unpaired) electrons. The Bertz CT molecular complexity index is 214. The number of hydrogen-bond acceptors (Lipinski definition) is 2. The third kappa shape index (κ3) is 7.97. The summed E-state index contributed by atoms with van der Waals surface area (Å²) in [5.41, 5.74) is 0. The molecule has 0 aliphatic rings. The molecule has 0 bridgehead atoms. The zero-order valence-corrected chi connectivity index (χ0v) is 9.75. The molecule has 0 fully saturated rings. The summed E-state index contributed by atoms with van der Waals surface area (Å²) >= 11 is 0. The lowest BCUT2D eigenvalue weighted by Gasteiger charge is -2.16. The second kappa shape index (κ2) is 7.26. The minimum atomic E-state index is -0.863. The lowest BCUT2D eigenvalue weighted by molar-refractivity contribution is -0.137. The molecule has 88 valence electrons. The normalized spacial score (nSPS) is 12.5. The van der Waals surface area contributed by atoms with Crippen LogP contribution in [0.4, 0.5) is 0 Å². The van der Waals surface area contributed by atoms with Gasteiger partial charge in [-0.2, -0.15) is 0 Å². The molecule has 0 saturated carbocycles. The molecule has 0 saturated heterocycles. The Morgan fingerprint density at radius 1 is 1.27 bits per heavy atom. The van der Waals surface area contributed by atoms with Crippen LogP contribution >= 0.6 is 0 Å². The van der Waals surface area contributed by atoms with E-state index in [9.17, 15) is 9.59 Å². The van der Waals surface area contributed by atoms with Crippen LogP contribution in [0.1, 0.15) is 46.5 Å². The number of hydrogen-bond donors (Lipinski definition) is 2. The predicted octanol–water partition coefficient (Wildman–Crippen LogP) is 1.79. The molecule has 0 aromatic heterocycles. The maximum atomic E-state index is 11.4. The standard InChI is InChI=1S/C11H21NO3/c1-4-5-9(7-11(14)15)12-10(13)6-8(2)3/h8-9H,4-7H2,1-3H3,(H,12,13)(H,14,15)/t9-/m1/s1. The number of rotatable bonds is 7. The molecular weight excluding hydrogens is 194 g/mol. The van der Waals surface area contributed by atoms with Crippen LogP contribution in [0.15, 0.2) is 0 Å². The smallest absolute Gasteiger partial charge is 0.305 e. The number of amides is 1. The third-order valence-electron chi connectivity index (χ3n) is 2.02. The molecule has 1 amide bonds. The number of aliphatic carboxylic acids is 1. The highest BCUT2D eigenvalue weighted by Gasteiger charge is 2.15. The van der Waals surface area contributed by atoms with Crippen molar-refractivity contribution in [1.82, 2.24) is 5.32 Å². The van der Waals surface area contributed by atoms with Crippen LogP contribution in [0.2, 0.25) is 0 Å². The van der Waals surface area contributed by atoms with Gasteiger partial charge in [0.25, 0.3) is 0 Å². The number of carboxylic acids is 1. The highest BCUT2D eigenvalue weighted by Crippen LogP contribution is 2.04. The Morgan fingerprint density at radius 2 is 1.87 bits per heavy atom. The summed E-state index contributed by atoms with van der Waals surface area (Å²) in [4.78, 5) is 22.0. The molecule has 4 heteroatoms. The fraction of sp³-hybridized carbons (Fsp3) is 0.818. The maximum absolute atomic E-state index is 11.4. The zero-order valence-electron chi connectivity index (χ0n) is 9.75. The first kappa shape index (κ1) is 13.9. The van der Waals surface area contributed by atoms with Crippen LogP contribution in [0.25, 0.3) is 0 Å². The van der Waals surface area contributed by atoms with Gasteiger partial charge in [0.15, 0.2) is 0 Å². The van der Waals surface area contributed by atoms with Gasteiger partial charge in [-0.25, -0.2) is 0 Å². The van der Waals surface area contributed by atoms with E-state index in [1.165, 1.54) is 0 Å². The first-order chi connectivity index (χ1) is 6.95. The van der Waals surface area contributed by atoms with Crippen LogP contribution in [0, 0.1) is 5.92 Å². The molecule has 1 atom stereocenters. The van der Waals surface area contributed by atoms with Gasteiger partial charge in [0.05, 0.1) is 6.42 Å². The summed E-state index contributed by atoms with van der Waals surface area (Å²) < 4.78 is 0. The molecule has 0 unspecified atom stereocenters.